The molecule has 0 aromatic carbocycles. The van der Waals surface area contributed by atoms with Crippen molar-refractivity contribution < 1.29 is 14.3 Å². The molecular formula is C11H16N2O3. The lowest BCUT2D eigenvalue weighted by Crippen LogP contribution is -2.29. The molecule has 1 unspecified atom stereocenters. The van der Waals surface area contributed by atoms with E-state index in [1.165, 1.54) is 6.39 Å². The number of carbonyl (C=O) groups is 1. The summed E-state index contributed by atoms with van der Waals surface area (Å²) in [6.07, 6.45) is 3.02. The Hall–Kier alpha value is -1.36. The minimum atomic E-state index is -0.0876. The van der Waals surface area contributed by atoms with Crippen LogP contribution in [0.15, 0.2) is 10.8 Å². The summed E-state index contributed by atoms with van der Waals surface area (Å²) in [6.45, 7) is 3.40. The summed E-state index contributed by atoms with van der Waals surface area (Å²) >= 11 is 0. The Morgan fingerprint density at radius 3 is 3.19 bits per heavy atom. The van der Waals surface area contributed by atoms with Crippen LogP contribution in [-0.4, -0.2) is 40.6 Å². The van der Waals surface area contributed by atoms with Gasteiger partial charge in [-0.2, -0.15) is 0 Å². The second-order valence-corrected chi connectivity index (χ2v) is 4.19. The summed E-state index contributed by atoms with van der Waals surface area (Å²) in [5.74, 6) is 0.664. The zero-order valence-electron chi connectivity index (χ0n) is 9.35. The summed E-state index contributed by atoms with van der Waals surface area (Å²) < 4.78 is 5.08. The van der Waals surface area contributed by atoms with Crippen LogP contribution in [0.1, 0.15) is 29.1 Å². The Morgan fingerprint density at radius 2 is 2.56 bits per heavy atom. The lowest BCUT2D eigenvalue weighted by molar-refractivity contribution is 0.0752. The van der Waals surface area contributed by atoms with E-state index < -0.39 is 0 Å². The fourth-order valence-corrected chi connectivity index (χ4v) is 2.09. The van der Waals surface area contributed by atoms with Crippen LogP contribution in [0.3, 0.4) is 0 Å². The van der Waals surface area contributed by atoms with Gasteiger partial charge in [0.25, 0.3) is 5.91 Å². The zero-order chi connectivity index (χ0) is 11.5. The number of rotatable bonds is 3. The maximum atomic E-state index is 12.0. The van der Waals surface area contributed by atoms with Crippen molar-refractivity contribution in [3.8, 4) is 0 Å². The summed E-state index contributed by atoms with van der Waals surface area (Å²) in [5, 5.41) is 8.85. The predicted octanol–water partition coefficient (Wildman–Crippen LogP) is 0.828. The van der Waals surface area contributed by atoms with Crippen molar-refractivity contribution in [3.63, 3.8) is 0 Å². The largest absolute Gasteiger partial charge is 0.438 e. The van der Waals surface area contributed by atoms with E-state index in [2.05, 4.69) is 4.98 Å². The second kappa shape index (κ2) is 4.65. The molecule has 2 heterocycles. The van der Waals surface area contributed by atoms with Crippen LogP contribution in [0.25, 0.3) is 0 Å². The molecule has 1 aliphatic heterocycles. The summed E-state index contributed by atoms with van der Waals surface area (Å²) in [5.41, 5.74) is 0.635. The molecule has 0 saturated carbocycles. The molecule has 2 rings (SSSR count). The van der Waals surface area contributed by atoms with Crippen LogP contribution in [0.4, 0.5) is 0 Å². The Morgan fingerprint density at radius 1 is 1.75 bits per heavy atom. The molecule has 1 amide bonds. The molecule has 5 nitrogen and oxygen atoms in total. The number of hydrogen-bond acceptors (Lipinski definition) is 4. The number of hydrogen-bond donors (Lipinski definition) is 1. The lowest BCUT2D eigenvalue weighted by atomic mass is 10.1. The first-order chi connectivity index (χ1) is 7.72. The number of carbonyl (C=O) groups excluding carboxylic acids is 1. The van der Waals surface area contributed by atoms with E-state index in [-0.39, 0.29) is 12.5 Å². The van der Waals surface area contributed by atoms with Gasteiger partial charge in [-0.25, -0.2) is 4.98 Å². The number of aryl methyl sites for hydroxylation is 1. The topological polar surface area (TPSA) is 66.6 Å². The van der Waals surface area contributed by atoms with Gasteiger partial charge in [0.15, 0.2) is 6.39 Å². The smallest absolute Gasteiger partial charge is 0.291 e. The first-order valence-corrected chi connectivity index (χ1v) is 5.52. The van der Waals surface area contributed by atoms with Gasteiger partial charge in [0.2, 0.25) is 5.76 Å². The van der Waals surface area contributed by atoms with Crippen molar-refractivity contribution >= 4 is 5.91 Å². The number of likely N-dealkylation sites (tertiary alicyclic amines) is 1. The van der Waals surface area contributed by atoms with Gasteiger partial charge >= 0.3 is 0 Å². The Balaban J connectivity index is 2.00. The highest BCUT2D eigenvalue weighted by Gasteiger charge is 2.29. The highest BCUT2D eigenvalue weighted by atomic mass is 16.3. The van der Waals surface area contributed by atoms with Gasteiger partial charge in [-0.3, -0.25) is 4.79 Å². The average molecular weight is 224 g/mol. The van der Waals surface area contributed by atoms with E-state index in [0.717, 1.165) is 19.4 Å². The van der Waals surface area contributed by atoms with Crippen LogP contribution in [-0.2, 0) is 0 Å². The van der Waals surface area contributed by atoms with E-state index in [4.69, 9.17) is 9.52 Å². The Kier molecular flexibility index (Phi) is 3.24. The molecule has 0 radical (unpaired) electrons. The van der Waals surface area contributed by atoms with E-state index >= 15 is 0 Å². The van der Waals surface area contributed by atoms with Crippen LogP contribution in [0.2, 0.25) is 0 Å². The maximum absolute atomic E-state index is 12.0. The highest BCUT2D eigenvalue weighted by Crippen LogP contribution is 2.21. The van der Waals surface area contributed by atoms with Gasteiger partial charge in [0.05, 0.1) is 5.69 Å². The molecule has 88 valence electrons. The van der Waals surface area contributed by atoms with Crippen LogP contribution in [0.5, 0.6) is 0 Å². The Labute approximate surface area is 94.1 Å². The number of aliphatic hydroxyl groups excluding tert-OH is 1. The number of aromatic nitrogens is 1. The van der Waals surface area contributed by atoms with Crippen molar-refractivity contribution in [2.45, 2.75) is 19.8 Å². The van der Waals surface area contributed by atoms with Gasteiger partial charge in [-0.15, -0.1) is 0 Å². The molecule has 16 heavy (non-hydrogen) atoms. The molecule has 1 saturated heterocycles. The lowest BCUT2D eigenvalue weighted by Gasteiger charge is -2.14. The summed E-state index contributed by atoms with van der Waals surface area (Å²) in [4.78, 5) is 17.7. The number of oxazole rings is 1. The van der Waals surface area contributed by atoms with E-state index in [1.54, 1.807) is 11.8 Å². The molecule has 1 atom stereocenters. The van der Waals surface area contributed by atoms with Crippen molar-refractivity contribution in [2.75, 3.05) is 19.7 Å². The fraction of sp³-hybridized carbons (Fsp3) is 0.636. The minimum absolute atomic E-state index is 0.0876. The molecule has 0 aliphatic carbocycles. The van der Waals surface area contributed by atoms with Gasteiger partial charge in [-0.05, 0) is 25.7 Å². The van der Waals surface area contributed by atoms with E-state index in [9.17, 15) is 4.79 Å². The van der Waals surface area contributed by atoms with Gasteiger partial charge in [0, 0.05) is 19.7 Å². The maximum Gasteiger partial charge on any atom is 0.291 e. The van der Waals surface area contributed by atoms with Crippen LogP contribution >= 0.6 is 0 Å². The third kappa shape index (κ3) is 2.09. The minimum Gasteiger partial charge on any atom is -0.438 e. The normalized spacial score (nSPS) is 20.4. The Bertz CT molecular complexity index is 375. The quantitative estimate of drug-likeness (QED) is 0.825. The van der Waals surface area contributed by atoms with Crippen molar-refractivity contribution in [1.29, 1.82) is 0 Å². The average Bonchev–Trinajstić information content (AvgIpc) is 2.87. The summed E-state index contributed by atoms with van der Waals surface area (Å²) in [7, 11) is 0. The third-order valence-corrected chi connectivity index (χ3v) is 3.05. The summed E-state index contributed by atoms with van der Waals surface area (Å²) in [6, 6.07) is 0. The number of nitrogens with zero attached hydrogens (tertiary/aromatic N) is 2. The number of amides is 1. The van der Waals surface area contributed by atoms with Gasteiger partial charge in [-0.1, -0.05) is 0 Å². The van der Waals surface area contributed by atoms with E-state index in [0.29, 0.717) is 23.9 Å². The number of aliphatic hydroxyl groups is 1. The monoisotopic (exact) mass is 224 g/mol. The molecule has 1 aliphatic rings. The molecule has 1 fully saturated rings. The van der Waals surface area contributed by atoms with E-state index in [1.807, 2.05) is 0 Å². The zero-order valence-corrected chi connectivity index (χ0v) is 9.35. The fourth-order valence-electron chi connectivity index (χ4n) is 2.09. The SMILES string of the molecule is Cc1ncoc1C(=O)N1CCC(CCO)C1. The van der Waals surface area contributed by atoms with Gasteiger partial charge < -0.3 is 14.4 Å². The molecule has 1 aromatic heterocycles. The van der Waals surface area contributed by atoms with Crippen molar-refractivity contribution in [1.82, 2.24) is 9.88 Å². The van der Waals surface area contributed by atoms with Crippen molar-refractivity contribution in [2.24, 2.45) is 5.92 Å². The first-order valence-electron chi connectivity index (χ1n) is 5.52. The predicted molar refractivity (Wildman–Crippen MR) is 57.0 cm³/mol. The second-order valence-electron chi connectivity index (χ2n) is 4.19. The highest BCUT2D eigenvalue weighted by molar-refractivity contribution is 5.92. The molecule has 0 spiro atoms. The molecule has 0 bridgehead atoms. The first kappa shape index (κ1) is 11.1. The van der Waals surface area contributed by atoms with Crippen LogP contribution in [0, 0.1) is 12.8 Å². The molecule has 1 N–H and O–H groups in total. The van der Waals surface area contributed by atoms with Gasteiger partial charge in [0.1, 0.15) is 0 Å². The molecule has 1 aromatic rings. The molecule has 5 heteroatoms. The third-order valence-electron chi connectivity index (χ3n) is 3.05. The van der Waals surface area contributed by atoms with Crippen LogP contribution < -0.4 is 0 Å². The molecular weight excluding hydrogens is 208 g/mol. The standard InChI is InChI=1S/C11H16N2O3/c1-8-10(16-7-12-8)11(15)13-4-2-9(6-13)3-5-14/h7,9,14H,2-6H2,1H3. The van der Waals surface area contributed by atoms with Crippen molar-refractivity contribution in [3.05, 3.63) is 17.8 Å².